The summed E-state index contributed by atoms with van der Waals surface area (Å²) < 4.78 is 9.87. The van der Waals surface area contributed by atoms with Gasteiger partial charge in [-0.15, -0.1) is 0 Å². The molecule has 0 aliphatic rings. The highest BCUT2D eigenvalue weighted by Gasteiger charge is 2.22. The number of aromatic nitrogens is 1. The maximum atomic E-state index is 12.0. The fraction of sp³-hybridized carbons (Fsp3) is 0.333. The summed E-state index contributed by atoms with van der Waals surface area (Å²) in [4.78, 5) is 35.8. The van der Waals surface area contributed by atoms with E-state index < -0.39 is 24.5 Å². The molecule has 1 atom stereocenters. The summed E-state index contributed by atoms with van der Waals surface area (Å²) >= 11 is 0. The Hall–Kier alpha value is -2.96. The fourth-order valence-electron chi connectivity index (χ4n) is 2.36. The van der Waals surface area contributed by atoms with Gasteiger partial charge in [0.25, 0.3) is 5.91 Å². The Morgan fingerprint density at radius 1 is 1.20 bits per heavy atom. The molecule has 2 aromatic rings. The van der Waals surface area contributed by atoms with Gasteiger partial charge >= 0.3 is 5.97 Å². The molecule has 0 unspecified atom stereocenters. The van der Waals surface area contributed by atoms with E-state index in [-0.39, 0.29) is 11.3 Å². The van der Waals surface area contributed by atoms with Crippen molar-refractivity contribution in [3.63, 3.8) is 0 Å². The molecule has 1 aromatic carbocycles. The SMILES string of the molecule is CC(=O)[C@@H](Cc1ccccc1)NC(=O)COC(=O)c1c(C)noc1C. The Morgan fingerprint density at radius 3 is 2.44 bits per heavy atom. The first kappa shape index (κ1) is 18.4. The second kappa shape index (κ2) is 8.23. The number of carbonyl (C=O) groups is 3. The molecule has 132 valence electrons. The molecule has 0 aliphatic carbocycles. The number of esters is 1. The van der Waals surface area contributed by atoms with Crippen molar-refractivity contribution in [1.82, 2.24) is 10.5 Å². The summed E-state index contributed by atoms with van der Waals surface area (Å²) in [6.45, 7) is 4.12. The number of ether oxygens (including phenoxy) is 1. The topological polar surface area (TPSA) is 98.5 Å². The van der Waals surface area contributed by atoms with Crippen molar-refractivity contribution in [2.45, 2.75) is 33.2 Å². The van der Waals surface area contributed by atoms with E-state index in [0.29, 0.717) is 17.9 Å². The Labute approximate surface area is 145 Å². The number of benzene rings is 1. The number of hydrogen-bond donors (Lipinski definition) is 1. The number of carbonyl (C=O) groups excluding carboxylic acids is 3. The van der Waals surface area contributed by atoms with Gasteiger partial charge in [0.2, 0.25) is 0 Å². The van der Waals surface area contributed by atoms with E-state index in [1.807, 2.05) is 30.3 Å². The third-order valence-corrected chi connectivity index (χ3v) is 3.68. The lowest BCUT2D eigenvalue weighted by atomic mass is 10.0. The van der Waals surface area contributed by atoms with Crippen molar-refractivity contribution in [3.8, 4) is 0 Å². The van der Waals surface area contributed by atoms with Crippen LogP contribution in [0.2, 0.25) is 0 Å². The first-order valence-corrected chi connectivity index (χ1v) is 7.82. The van der Waals surface area contributed by atoms with Crippen molar-refractivity contribution in [2.24, 2.45) is 0 Å². The predicted molar refractivity (Wildman–Crippen MR) is 89.0 cm³/mol. The molecule has 0 fully saturated rings. The molecule has 0 saturated heterocycles. The van der Waals surface area contributed by atoms with E-state index in [1.54, 1.807) is 13.8 Å². The number of nitrogens with one attached hydrogen (secondary N) is 1. The van der Waals surface area contributed by atoms with E-state index in [2.05, 4.69) is 10.5 Å². The van der Waals surface area contributed by atoms with Gasteiger partial charge in [0.05, 0.1) is 11.7 Å². The minimum absolute atomic E-state index is 0.172. The first-order chi connectivity index (χ1) is 11.9. The lowest BCUT2D eigenvalue weighted by molar-refractivity contribution is -0.128. The normalized spacial score (nSPS) is 11.6. The van der Waals surface area contributed by atoms with Crippen molar-refractivity contribution >= 4 is 17.7 Å². The molecule has 1 amide bonds. The maximum absolute atomic E-state index is 12.0. The molecule has 0 saturated carbocycles. The molecule has 7 heteroatoms. The summed E-state index contributed by atoms with van der Waals surface area (Å²) in [6, 6.07) is 8.67. The molecule has 7 nitrogen and oxygen atoms in total. The fourth-order valence-corrected chi connectivity index (χ4v) is 2.36. The van der Waals surface area contributed by atoms with Gasteiger partial charge in [0, 0.05) is 0 Å². The van der Waals surface area contributed by atoms with Crippen LogP contribution in [-0.4, -0.2) is 35.5 Å². The van der Waals surface area contributed by atoms with Crippen molar-refractivity contribution in [1.29, 1.82) is 0 Å². The van der Waals surface area contributed by atoms with Gasteiger partial charge in [0.15, 0.2) is 12.4 Å². The molecular weight excluding hydrogens is 324 g/mol. The molecule has 0 bridgehead atoms. The number of amides is 1. The summed E-state index contributed by atoms with van der Waals surface area (Å²) in [5, 5.41) is 6.25. The molecule has 1 aromatic heterocycles. The average Bonchev–Trinajstić information content (AvgIpc) is 2.91. The Kier molecular flexibility index (Phi) is 6.05. The molecular formula is C18H20N2O5. The smallest absolute Gasteiger partial charge is 0.344 e. The van der Waals surface area contributed by atoms with Gasteiger partial charge in [-0.25, -0.2) is 4.79 Å². The number of rotatable bonds is 7. The average molecular weight is 344 g/mol. The van der Waals surface area contributed by atoms with Crippen molar-refractivity contribution in [3.05, 3.63) is 52.9 Å². The number of Topliss-reactive ketones (excluding diaryl/α,β-unsaturated/α-hetero) is 1. The zero-order valence-electron chi connectivity index (χ0n) is 14.4. The Bertz CT molecular complexity index is 748. The second-order valence-corrected chi connectivity index (χ2v) is 5.70. The quantitative estimate of drug-likeness (QED) is 0.769. The molecule has 0 aliphatic heterocycles. The molecule has 25 heavy (non-hydrogen) atoms. The maximum Gasteiger partial charge on any atom is 0.344 e. The first-order valence-electron chi connectivity index (χ1n) is 7.82. The lowest BCUT2D eigenvalue weighted by Gasteiger charge is -2.16. The van der Waals surface area contributed by atoms with Crippen LogP contribution in [0.1, 0.15) is 34.3 Å². The highest BCUT2D eigenvalue weighted by atomic mass is 16.5. The summed E-state index contributed by atoms with van der Waals surface area (Å²) in [5.41, 5.74) is 1.53. The van der Waals surface area contributed by atoms with Crippen LogP contribution >= 0.6 is 0 Å². The minimum Gasteiger partial charge on any atom is -0.452 e. The van der Waals surface area contributed by atoms with Crippen LogP contribution in [0.15, 0.2) is 34.9 Å². The highest BCUT2D eigenvalue weighted by molar-refractivity contribution is 5.94. The van der Waals surface area contributed by atoms with Gasteiger partial charge in [-0.05, 0) is 32.8 Å². The Balaban J connectivity index is 1.91. The van der Waals surface area contributed by atoms with Crippen LogP contribution in [0, 0.1) is 13.8 Å². The van der Waals surface area contributed by atoms with E-state index in [0.717, 1.165) is 5.56 Å². The number of ketones is 1. The number of nitrogens with zero attached hydrogens (tertiary/aromatic N) is 1. The van der Waals surface area contributed by atoms with Crippen LogP contribution < -0.4 is 5.32 Å². The standard InChI is InChI=1S/C18H20N2O5/c1-11-17(13(3)25-20-11)18(23)24-10-16(22)19-15(12(2)21)9-14-7-5-4-6-8-14/h4-8,15H,9-10H2,1-3H3,(H,19,22)/t15-/m1/s1. The number of hydrogen-bond acceptors (Lipinski definition) is 6. The summed E-state index contributed by atoms with van der Waals surface area (Å²) in [7, 11) is 0. The number of aryl methyl sites for hydroxylation is 2. The van der Waals surface area contributed by atoms with E-state index in [9.17, 15) is 14.4 Å². The van der Waals surface area contributed by atoms with Crippen molar-refractivity contribution in [2.75, 3.05) is 6.61 Å². The molecule has 1 N–H and O–H groups in total. The zero-order valence-corrected chi connectivity index (χ0v) is 14.4. The van der Waals surface area contributed by atoms with Gasteiger partial charge in [0.1, 0.15) is 11.3 Å². The van der Waals surface area contributed by atoms with Gasteiger partial charge in [-0.2, -0.15) is 0 Å². The lowest BCUT2D eigenvalue weighted by Crippen LogP contribution is -2.43. The van der Waals surface area contributed by atoms with Crippen LogP contribution in [0.3, 0.4) is 0 Å². The Morgan fingerprint density at radius 2 is 1.88 bits per heavy atom. The molecule has 0 spiro atoms. The monoisotopic (exact) mass is 344 g/mol. The van der Waals surface area contributed by atoms with E-state index in [4.69, 9.17) is 9.26 Å². The summed E-state index contributed by atoms with van der Waals surface area (Å²) in [5.74, 6) is -1.08. The third-order valence-electron chi connectivity index (χ3n) is 3.68. The second-order valence-electron chi connectivity index (χ2n) is 5.70. The molecule has 1 heterocycles. The van der Waals surface area contributed by atoms with E-state index in [1.165, 1.54) is 6.92 Å². The van der Waals surface area contributed by atoms with Crippen LogP contribution in [0.5, 0.6) is 0 Å². The minimum atomic E-state index is -0.686. The molecule has 0 radical (unpaired) electrons. The van der Waals surface area contributed by atoms with Crippen molar-refractivity contribution < 1.29 is 23.6 Å². The zero-order chi connectivity index (χ0) is 18.4. The van der Waals surface area contributed by atoms with Gasteiger partial charge in [-0.1, -0.05) is 35.5 Å². The summed E-state index contributed by atoms with van der Waals surface area (Å²) in [6.07, 6.45) is 0.375. The van der Waals surface area contributed by atoms with Gasteiger partial charge in [-0.3, -0.25) is 9.59 Å². The molecule has 2 rings (SSSR count). The van der Waals surface area contributed by atoms with Crippen LogP contribution in [-0.2, 0) is 20.7 Å². The van der Waals surface area contributed by atoms with Crippen LogP contribution in [0.4, 0.5) is 0 Å². The predicted octanol–water partition coefficient (Wildman–Crippen LogP) is 1.76. The highest BCUT2D eigenvalue weighted by Crippen LogP contribution is 2.13. The van der Waals surface area contributed by atoms with E-state index >= 15 is 0 Å². The van der Waals surface area contributed by atoms with Crippen LogP contribution in [0.25, 0.3) is 0 Å². The van der Waals surface area contributed by atoms with Gasteiger partial charge < -0.3 is 14.6 Å². The third kappa shape index (κ3) is 5.00. The largest absolute Gasteiger partial charge is 0.452 e.